The van der Waals surface area contributed by atoms with Gasteiger partial charge in [0.25, 0.3) is 0 Å². The first-order valence-corrected chi connectivity index (χ1v) is 12.5. The topological polar surface area (TPSA) is 86.0 Å². The van der Waals surface area contributed by atoms with Gasteiger partial charge in [0.1, 0.15) is 11.5 Å². The minimum Gasteiger partial charge on any atom is -0.381 e. The Kier molecular flexibility index (Phi) is 7.18. The van der Waals surface area contributed by atoms with Gasteiger partial charge in [0.05, 0.1) is 18.5 Å². The fraction of sp³-hybridized carbons (Fsp3) is 0.276. The van der Waals surface area contributed by atoms with Gasteiger partial charge in [-0.25, -0.2) is 9.48 Å². The zero-order valence-electron chi connectivity index (χ0n) is 21.4. The van der Waals surface area contributed by atoms with Crippen molar-refractivity contribution in [2.45, 2.75) is 31.7 Å². The van der Waals surface area contributed by atoms with Crippen molar-refractivity contribution in [3.63, 3.8) is 0 Å². The number of anilines is 1. The Morgan fingerprint density at radius 3 is 2.51 bits per heavy atom. The maximum absolute atomic E-state index is 13.4. The van der Waals surface area contributed by atoms with Crippen LogP contribution in [-0.4, -0.2) is 45.4 Å². The summed E-state index contributed by atoms with van der Waals surface area (Å²) in [5, 5.41) is 15.5. The van der Waals surface area contributed by atoms with Crippen molar-refractivity contribution in [2.75, 3.05) is 19.0 Å². The summed E-state index contributed by atoms with van der Waals surface area (Å²) in [6, 6.07) is 19.9. The van der Waals surface area contributed by atoms with E-state index in [1.54, 1.807) is 22.7 Å². The van der Waals surface area contributed by atoms with Crippen molar-refractivity contribution in [3.8, 4) is 16.9 Å². The lowest BCUT2D eigenvalue weighted by Gasteiger charge is -2.21. The van der Waals surface area contributed by atoms with Gasteiger partial charge in [-0.3, -0.25) is 10.00 Å². The summed E-state index contributed by atoms with van der Waals surface area (Å²) in [6.07, 6.45) is 7.51. The summed E-state index contributed by atoms with van der Waals surface area (Å²) in [7, 11) is 3.57. The second-order valence-corrected chi connectivity index (χ2v) is 9.42. The van der Waals surface area contributed by atoms with Gasteiger partial charge >= 0.3 is 6.03 Å². The van der Waals surface area contributed by atoms with E-state index in [4.69, 9.17) is 9.84 Å². The fourth-order valence-electron chi connectivity index (χ4n) is 5.03. The summed E-state index contributed by atoms with van der Waals surface area (Å²) >= 11 is 0. The molecule has 0 bridgehead atoms. The molecular formula is C29H32N6O2. The van der Waals surface area contributed by atoms with E-state index >= 15 is 0 Å². The highest BCUT2D eigenvalue weighted by Crippen LogP contribution is 2.38. The van der Waals surface area contributed by atoms with Crippen LogP contribution in [0.15, 0.2) is 84.7 Å². The number of para-hydroxylation sites is 1. The van der Waals surface area contributed by atoms with Gasteiger partial charge in [0.15, 0.2) is 0 Å². The molecule has 1 saturated carbocycles. The number of hydrogen-bond acceptors (Lipinski definition) is 4. The number of benzene rings is 2. The minimum absolute atomic E-state index is 0.0308. The van der Waals surface area contributed by atoms with E-state index in [9.17, 15) is 4.79 Å². The molecule has 0 aliphatic heterocycles. The number of aromatic nitrogens is 4. The lowest BCUT2D eigenvalue weighted by Crippen LogP contribution is -2.39. The molecule has 5 rings (SSSR count). The van der Waals surface area contributed by atoms with Crippen LogP contribution in [0.25, 0.3) is 16.9 Å². The zero-order valence-corrected chi connectivity index (χ0v) is 21.4. The molecule has 1 fully saturated rings. The smallest absolute Gasteiger partial charge is 0.320 e. The predicted octanol–water partition coefficient (Wildman–Crippen LogP) is 5.22. The number of carbonyl (C=O) groups excluding carboxylic acids is 1. The minimum atomic E-state index is -0.253. The molecule has 8 heteroatoms. The molecule has 2 N–H and O–H groups in total. The molecule has 190 valence electrons. The molecule has 8 nitrogen and oxygen atoms in total. The number of nitrogens with one attached hydrogen (secondary N) is 2. The van der Waals surface area contributed by atoms with Gasteiger partial charge in [0.2, 0.25) is 0 Å². The van der Waals surface area contributed by atoms with E-state index in [2.05, 4.69) is 33.9 Å². The van der Waals surface area contributed by atoms with Crippen molar-refractivity contribution in [2.24, 2.45) is 7.05 Å². The summed E-state index contributed by atoms with van der Waals surface area (Å²) < 4.78 is 8.78. The molecule has 2 atom stereocenters. The number of methoxy groups -OCH3 is 1. The first kappa shape index (κ1) is 24.5. The van der Waals surface area contributed by atoms with Crippen molar-refractivity contribution < 1.29 is 9.53 Å². The Labute approximate surface area is 217 Å². The Balaban J connectivity index is 1.43. The average Bonchev–Trinajstić information content (AvgIpc) is 3.61. The first-order chi connectivity index (χ1) is 18.0. The van der Waals surface area contributed by atoms with E-state index in [1.165, 1.54) is 11.1 Å². The fourth-order valence-corrected chi connectivity index (χ4v) is 5.03. The molecule has 0 spiro atoms. The molecule has 1 aliphatic carbocycles. The number of ether oxygens (including phenoxy) is 1. The van der Waals surface area contributed by atoms with E-state index in [-0.39, 0.29) is 18.0 Å². The number of rotatable bonds is 7. The van der Waals surface area contributed by atoms with Crippen LogP contribution in [0.2, 0.25) is 0 Å². The highest BCUT2D eigenvalue weighted by Gasteiger charge is 2.33. The molecular weight excluding hydrogens is 464 g/mol. The largest absolute Gasteiger partial charge is 0.381 e. The van der Waals surface area contributed by atoms with Gasteiger partial charge < -0.3 is 10.1 Å². The number of aryl methyl sites for hydroxylation is 1. The third kappa shape index (κ3) is 5.34. The molecule has 2 heterocycles. The van der Waals surface area contributed by atoms with Gasteiger partial charge in [0, 0.05) is 43.4 Å². The van der Waals surface area contributed by atoms with Crippen LogP contribution < -0.4 is 10.6 Å². The van der Waals surface area contributed by atoms with Crippen LogP contribution in [0.1, 0.15) is 29.9 Å². The van der Waals surface area contributed by atoms with Gasteiger partial charge in [-0.15, -0.1) is 0 Å². The van der Waals surface area contributed by atoms with E-state index < -0.39 is 0 Å². The molecule has 2 aromatic carbocycles. The molecule has 0 unspecified atom stereocenters. The summed E-state index contributed by atoms with van der Waals surface area (Å²) in [4.78, 5) is 13.4. The molecule has 2 amide bonds. The predicted molar refractivity (Wildman–Crippen MR) is 145 cm³/mol. The van der Waals surface area contributed by atoms with Crippen LogP contribution in [0.3, 0.4) is 0 Å². The third-order valence-electron chi connectivity index (χ3n) is 6.87. The van der Waals surface area contributed by atoms with Gasteiger partial charge in [-0.05, 0) is 37.5 Å². The Bertz CT molecular complexity index is 1390. The summed E-state index contributed by atoms with van der Waals surface area (Å²) in [5.41, 5.74) is 5.93. The molecule has 4 aromatic rings. The molecule has 37 heavy (non-hydrogen) atoms. The SMILES string of the molecule is COC/C=C1/C[C@@H](NC(=O)Nc2c(C)c(-c3cnn(C)c3)nn2-c2ccccc2)[C@H](c2ccccc2)C1. The normalized spacial score (nSPS) is 18.3. The maximum Gasteiger partial charge on any atom is 0.320 e. The molecule has 0 radical (unpaired) electrons. The number of urea groups is 1. The number of nitrogens with zero attached hydrogens (tertiary/aromatic N) is 4. The Morgan fingerprint density at radius 2 is 1.84 bits per heavy atom. The zero-order chi connectivity index (χ0) is 25.8. The molecule has 0 saturated heterocycles. The van der Waals surface area contributed by atoms with Crippen LogP contribution in [0.5, 0.6) is 0 Å². The van der Waals surface area contributed by atoms with Crippen molar-refractivity contribution in [3.05, 3.63) is 95.8 Å². The van der Waals surface area contributed by atoms with Crippen LogP contribution >= 0.6 is 0 Å². The first-order valence-electron chi connectivity index (χ1n) is 12.5. The number of amides is 2. The summed E-state index contributed by atoms with van der Waals surface area (Å²) in [5.74, 6) is 0.827. The monoisotopic (exact) mass is 496 g/mol. The van der Waals surface area contributed by atoms with Crippen LogP contribution in [-0.2, 0) is 11.8 Å². The summed E-state index contributed by atoms with van der Waals surface area (Å²) in [6.45, 7) is 2.54. The quantitative estimate of drug-likeness (QED) is 0.344. The van der Waals surface area contributed by atoms with Crippen molar-refractivity contribution >= 4 is 11.8 Å². The highest BCUT2D eigenvalue weighted by molar-refractivity contribution is 5.91. The number of hydrogen-bond donors (Lipinski definition) is 2. The second-order valence-electron chi connectivity index (χ2n) is 9.42. The van der Waals surface area contributed by atoms with Gasteiger partial charge in [-0.1, -0.05) is 60.2 Å². The van der Waals surface area contributed by atoms with Crippen LogP contribution in [0.4, 0.5) is 10.6 Å². The van der Waals surface area contributed by atoms with E-state index in [0.717, 1.165) is 35.3 Å². The average molecular weight is 497 g/mol. The van der Waals surface area contributed by atoms with Crippen molar-refractivity contribution in [1.82, 2.24) is 24.9 Å². The maximum atomic E-state index is 13.4. The Hall–Kier alpha value is -4.17. The Morgan fingerprint density at radius 1 is 1.11 bits per heavy atom. The van der Waals surface area contributed by atoms with E-state index in [1.807, 2.05) is 68.7 Å². The standard InChI is InChI=1S/C29H32N6O2/c1-20-27(23-18-30-34(2)19-23)33-35(24-12-8-5-9-13-24)28(20)32-29(36)31-26-17-21(14-15-37-3)16-25(26)22-10-6-4-7-11-22/h4-14,18-19,25-26H,15-17H2,1-3H3,(H2,31,32,36)/b21-14+/t25-,26+/m0/s1. The lowest BCUT2D eigenvalue weighted by molar-refractivity contribution is 0.233. The number of carbonyl (C=O) groups is 1. The van der Waals surface area contributed by atoms with Gasteiger partial charge in [-0.2, -0.15) is 10.2 Å². The highest BCUT2D eigenvalue weighted by atomic mass is 16.5. The third-order valence-corrected chi connectivity index (χ3v) is 6.87. The van der Waals surface area contributed by atoms with E-state index in [0.29, 0.717) is 12.4 Å². The second kappa shape index (κ2) is 10.8. The lowest BCUT2D eigenvalue weighted by atomic mass is 9.94. The molecule has 2 aromatic heterocycles. The van der Waals surface area contributed by atoms with Crippen LogP contribution in [0, 0.1) is 6.92 Å². The van der Waals surface area contributed by atoms with Crippen molar-refractivity contribution in [1.29, 1.82) is 0 Å². The molecule has 1 aliphatic rings.